The fourth-order valence-electron chi connectivity index (χ4n) is 0.821. The number of rotatable bonds is 0. The van der Waals surface area contributed by atoms with Crippen molar-refractivity contribution in [1.29, 1.82) is 0 Å². The molecule has 0 radical (unpaired) electrons. The highest BCUT2D eigenvalue weighted by atomic mass is 14.7. The van der Waals surface area contributed by atoms with Gasteiger partial charge in [0.05, 0.1) is 6.57 Å². The maximum atomic E-state index is 6.59. The summed E-state index contributed by atoms with van der Waals surface area (Å²) in [5, 5.41) is 0. The molecule has 0 aromatic rings. The predicted octanol–water partition coefficient (Wildman–Crippen LogP) is 0.911. The fraction of sp³-hybridized carbons (Fsp3) is 0.500. The van der Waals surface area contributed by atoms with Crippen molar-refractivity contribution in [2.24, 2.45) is 5.73 Å². The van der Waals surface area contributed by atoms with Gasteiger partial charge in [0, 0.05) is 6.04 Å². The first kappa shape index (κ1) is 5.33. The van der Waals surface area contributed by atoms with E-state index in [1.54, 1.807) is 0 Å². The van der Waals surface area contributed by atoms with E-state index in [0.29, 0.717) is 0 Å². The second kappa shape index (κ2) is 1.97. The van der Waals surface area contributed by atoms with Crippen molar-refractivity contribution in [3.8, 4) is 0 Å². The van der Waals surface area contributed by atoms with E-state index in [1.807, 2.05) is 6.08 Å². The lowest BCUT2D eigenvalue weighted by Gasteiger charge is -1.91. The molecular formula is C6H8N2. The third kappa shape index (κ3) is 0.877. The van der Waals surface area contributed by atoms with Crippen LogP contribution >= 0.6 is 0 Å². The minimum absolute atomic E-state index is 0.152. The number of nitrogens with zero attached hydrogens (tertiary/aromatic N) is 1. The molecule has 1 rings (SSSR count). The molecule has 0 heterocycles. The third-order valence-corrected chi connectivity index (χ3v) is 1.28. The van der Waals surface area contributed by atoms with Crippen LogP contribution in [0.15, 0.2) is 11.8 Å². The Morgan fingerprint density at radius 1 is 1.88 bits per heavy atom. The molecule has 1 aliphatic carbocycles. The van der Waals surface area contributed by atoms with Gasteiger partial charge in [0.25, 0.3) is 0 Å². The smallest absolute Gasteiger partial charge is 0.163 e. The van der Waals surface area contributed by atoms with Crippen LogP contribution in [0.2, 0.25) is 0 Å². The minimum Gasteiger partial charge on any atom is -0.326 e. The molecule has 2 heteroatoms. The van der Waals surface area contributed by atoms with E-state index in [1.165, 1.54) is 0 Å². The summed E-state index contributed by atoms with van der Waals surface area (Å²) in [7, 11) is 0. The Hall–Kier alpha value is -0.810. The van der Waals surface area contributed by atoms with Crippen LogP contribution < -0.4 is 5.73 Å². The Morgan fingerprint density at radius 2 is 2.62 bits per heavy atom. The predicted molar refractivity (Wildman–Crippen MR) is 31.9 cm³/mol. The second-order valence-electron chi connectivity index (χ2n) is 1.97. The molecule has 0 spiro atoms. The van der Waals surface area contributed by atoms with Crippen LogP contribution in [-0.4, -0.2) is 6.04 Å². The molecule has 0 aromatic heterocycles. The summed E-state index contributed by atoms with van der Waals surface area (Å²) in [6.07, 6.45) is 3.68. The van der Waals surface area contributed by atoms with E-state index in [0.717, 1.165) is 18.5 Å². The highest BCUT2D eigenvalue weighted by molar-refractivity contribution is 5.18. The Bertz CT molecular complexity index is 152. The average Bonchev–Trinajstić information content (AvgIpc) is 2.14. The lowest BCUT2D eigenvalue weighted by Crippen LogP contribution is -2.11. The summed E-state index contributed by atoms with van der Waals surface area (Å²) < 4.78 is 0. The van der Waals surface area contributed by atoms with Crippen LogP contribution in [-0.2, 0) is 0 Å². The molecule has 1 atom stereocenters. The second-order valence-corrected chi connectivity index (χ2v) is 1.97. The van der Waals surface area contributed by atoms with Gasteiger partial charge in [-0.15, -0.1) is 0 Å². The molecule has 0 aromatic carbocycles. The highest BCUT2D eigenvalue weighted by Gasteiger charge is 2.10. The summed E-state index contributed by atoms with van der Waals surface area (Å²) in [6, 6.07) is 0.152. The van der Waals surface area contributed by atoms with Crippen molar-refractivity contribution in [1.82, 2.24) is 0 Å². The Morgan fingerprint density at radius 3 is 2.88 bits per heavy atom. The Kier molecular flexibility index (Phi) is 1.32. The quantitative estimate of drug-likeness (QED) is 0.459. The van der Waals surface area contributed by atoms with Gasteiger partial charge in [-0.1, -0.05) is 6.08 Å². The zero-order valence-corrected chi connectivity index (χ0v) is 4.59. The molecule has 1 unspecified atom stereocenters. The first-order valence-corrected chi connectivity index (χ1v) is 2.66. The summed E-state index contributed by atoms with van der Waals surface area (Å²) in [4.78, 5) is 3.27. The first-order chi connectivity index (χ1) is 3.83. The number of allylic oxidation sites excluding steroid dienone is 1. The summed E-state index contributed by atoms with van der Waals surface area (Å²) in [6.45, 7) is 6.59. The minimum atomic E-state index is 0.152. The maximum absolute atomic E-state index is 6.59. The van der Waals surface area contributed by atoms with E-state index < -0.39 is 0 Å². The Labute approximate surface area is 48.8 Å². The van der Waals surface area contributed by atoms with Gasteiger partial charge in [-0.05, 0) is 12.8 Å². The van der Waals surface area contributed by atoms with Gasteiger partial charge in [0.2, 0.25) is 0 Å². The summed E-state index contributed by atoms with van der Waals surface area (Å²) in [5.41, 5.74) is 6.31. The molecule has 0 aliphatic heterocycles. The van der Waals surface area contributed by atoms with E-state index in [9.17, 15) is 0 Å². The average molecular weight is 108 g/mol. The first-order valence-electron chi connectivity index (χ1n) is 2.66. The molecule has 0 saturated carbocycles. The van der Waals surface area contributed by atoms with E-state index in [2.05, 4.69) is 4.85 Å². The standard InChI is InChI=1S/C6H8N2/c1-8-6-3-2-5(7)4-6/h4-5H,2-3,7H2. The zero-order chi connectivity index (χ0) is 5.98. The van der Waals surface area contributed by atoms with Gasteiger partial charge in [-0.3, -0.25) is 0 Å². The zero-order valence-electron chi connectivity index (χ0n) is 4.59. The van der Waals surface area contributed by atoms with Crippen LogP contribution in [0.3, 0.4) is 0 Å². The maximum Gasteiger partial charge on any atom is 0.163 e. The van der Waals surface area contributed by atoms with Crippen molar-refractivity contribution in [2.75, 3.05) is 0 Å². The van der Waals surface area contributed by atoms with Gasteiger partial charge < -0.3 is 5.73 Å². The van der Waals surface area contributed by atoms with Crippen molar-refractivity contribution in [3.63, 3.8) is 0 Å². The molecule has 8 heavy (non-hydrogen) atoms. The largest absolute Gasteiger partial charge is 0.326 e. The molecule has 0 saturated heterocycles. The Balaban J connectivity index is 2.61. The molecule has 0 amide bonds. The van der Waals surface area contributed by atoms with Gasteiger partial charge in [-0.25, -0.2) is 4.85 Å². The molecule has 2 N–H and O–H groups in total. The molecule has 1 aliphatic rings. The third-order valence-electron chi connectivity index (χ3n) is 1.28. The molecule has 42 valence electrons. The van der Waals surface area contributed by atoms with Crippen molar-refractivity contribution < 1.29 is 0 Å². The van der Waals surface area contributed by atoms with E-state index in [-0.39, 0.29) is 6.04 Å². The van der Waals surface area contributed by atoms with Crippen LogP contribution in [0, 0.1) is 6.57 Å². The fourth-order valence-corrected chi connectivity index (χ4v) is 0.821. The van der Waals surface area contributed by atoms with Gasteiger partial charge in [-0.2, -0.15) is 0 Å². The topological polar surface area (TPSA) is 30.4 Å². The normalized spacial score (nSPS) is 27.0. The van der Waals surface area contributed by atoms with Gasteiger partial charge >= 0.3 is 0 Å². The van der Waals surface area contributed by atoms with Gasteiger partial charge in [0.15, 0.2) is 5.70 Å². The van der Waals surface area contributed by atoms with Crippen molar-refractivity contribution in [3.05, 3.63) is 23.2 Å². The SMILES string of the molecule is [C-]#[N+]C1=CC(N)CC1. The summed E-state index contributed by atoms with van der Waals surface area (Å²) >= 11 is 0. The van der Waals surface area contributed by atoms with Crippen LogP contribution in [0.1, 0.15) is 12.8 Å². The van der Waals surface area contributed by atoms with E-state index >= 15 is 0 Å². The van der Waals surface area contributed by atoms with Crippen molar-refractivity contribution in [2.45, 2.75) is 18.9 Å². The number of nitrogens with two attached hydrogens (primary N) is 1. The van der Waals surface area contributed by atoms with Crippen molar-refractivity contribution >= 4 is 0 Å². The molecular weight excluding hydrogens is 100 g/mol. The van der Waals surface area contributed by atoms with E-state index in [4.69, 9.17) is 12.3 Å². The van der Waals surface area contributed by atoms with Crippen LogP contribution in [0.5, 0.6) is 0 Å². The lowest BCUT2D eigenvalue weighted by molar-refractivity contribution is 0.776. The molecule has 0 bridgehead atoms. The molecule has 2 nitrogen and oxygen atoms in total. The number of hydrogen-bond acceptors (Lipinski definition) is 1. The highest BCUT2D eigenvalue weighted by Crippen LogP contribution is 2.16. The number of hydrogen-bond donors (Lipinski definition) is 1. The van der Waals surface area contributed by atoms with Crippen LogP contribution in [0.25, 0.3) is 4.85 Å². The summed E-state index contributed by atoms with van der Waals surface area (Å²) in [5.74, 6) is 0. The lowest BCUT2D eigenvalue weighted by atomic mass is 10.3. The molecule has 0 fully saturated rings. The monoisotopic (exact) mass is 108 g/mol. The van der Waals surface area contributed by atoms with Gasteiger partial charge in [0.1, 0.15) is 0 Å². The van der Waals surface area contributed by atoms with Crippen LogP contribution in [0.4, 0.5) is 0 Å².